The van der Waals surface area contributed by atoms with Gasteiger partial charge in [-0.3, -0.25) is 4.79 Å². The van der Waals surface area contributed by atoms with Crippen LogP contribution in [0.15, 0.2) is 18.2 Å². The molecule has 2 aliphatic carbocycles. The molecule has 1 aliphatic heterocycles. The van der Waals surface area contributed by atoms with Crippen LogP contribution in [0.3, 0.4) is 0 Å². The molecule has 2 saturated carbocycles. The molecular weight excluding hydrogens is 272 g/mol. The lowest BCUT2D eigenvalue weighted by molar-refractivity contribution is -0.148. The van der Waals surface area contributed by atoms with Gasteiger partial charge in [-0.2, -0.15) is 0 Å². The van der Waals surface area contributed by atoms with Crippen LogP contribution in [-0.4, -0.2) is 22.9 Å². The molecule has 20 heavy (non-hydrogen) atoms. The first-order chi connectivity index (χ1) is 9.60. The Hall–Kier alpha value is -1.06. The first-order valence-electron chi connectivity index (χ1n) is 7.46. The summed E-state index contributed by atoms with van der Waals surface area (Å²) in [6, 6.07) is 6.59. The monoisotopic (exact) mass is 290 g/mol. The van der Waals surface area contributed by atoms with Crippen LogP contribution in [0.2, 0.25) is 5.02 Å². The Balaban J connectivity index is 1.79. The van der Waals surface area contributed by atoms with Gasteiger partial charge < -0.3 is 10.6 Å². The van der Waals surface area contributed by atoms with Gasteiger partial charge in [0.05, 0.1) is 5.41 Å². The maximum absolute atomic E-state index is 13.0. The highest BCUT2D eigenvalue weighted by molar-refractivity contribution is 6.30. The number of nitrogens with two attached hydrogens (primary N) is 1. The van der Waals surface area contributed by atoms with Gasteiger partial charge in [0.15, 0.2) is 0 Å². The van der Waals surface area contributed by atoms with E-state index in [0.717, 1.165) is 37.8 Å². The number of halogens is 1. The number of rotatable bonds is 1. The van der Waals surface area contributed by atoms with Gasteiger partial charge in [0, 0.05) is 23.7 Å². The van der Waals surface area contributed by atoms with Crippen molar-refractivity contribution in [1.82, 2.24) is 4.90 Å². The molecule has 0 saturated heterocycles. The van der Waals surface area contributed by atoms with Crippen molar-refractivity contribution < 1.29 is 4.79 Å². The molecule has 0 unspecified atom stereocenters. The molecule has 106 valence electrons. The molecule has 2 N–H and O–H groups in total. The first-order valence-corrected chi connectivity index (χ1v) is 7.83. The van der Waals surface area contributed by atoms with E-state index in [2.05, 4.69) is 11.0 Å². The second kappa shape index (κ2) is 4.22. The molecule has 0 radical (unpaired) electrons. The molecule has 4 rings (SSSR count). The second-order valence-electron chi connectivity index (χ2n) is 6.57. The fourth-order valence-corrected chi connectivity index (χ4v) is 4.17. The minimum Gasteiger partial charge on any atom is -0.335 e. The molecular formula is C16H19ClN2O. The van der Waals surface area contributed by atoms with E-state index in [-0.39, 0.29) is 11.5 Å². The molecule has 1 aromatic rings. The van der Waals surface area contributed by atoms with E-state index < -0.39 is 0 Å². The largest absolute Gasteiger partial charge is 0.335 e. The first kappa shape index (κ1) is 12.7. The molecule has 0 atom stereocenters. The Kier molecular flexibility index (Phi) is 2.67. The molecule has 0 bridgehead atoms. The van der Waals surface area contributed by atoms with Crippen LogP contribution in [0.1, 0.15) is 43.2 Å². The number of carbonyl (C=O) groups excluding carboxylic acids is 1. The van der Waals surface area contributed by atoms with Gasteiger partial charge in [0.2, 0.25) is 5.91 Å². The minimum atomic E-state index is -0.381. The van der Waals surface area contributed by atoms with Crippen LogP contribution < -0.4 is 5.73 Å². The molecule has 4 heteroatoms. The number of carbonyl (C=O) groups is 1. The van der Waals surface area contributed by atoms with Crippen LogP contribution in [0.5, 0.6) is 0 Å². The van der Waals surface area contributed by atoms with E-state index >= 15 is 0 Å². The Morgan fingerprint density at radius 3 is 2.65 bits per heavy atom. The van der Waals surface area contributed by atoms with Crippen molar-refractivity contribution in [2.24, 2.45) is 5.73 Å². The predicted molar refractivity (Wildman–Crippen MR) is 78.5 cm³/mol. The molecule has 3 nitrogen and oxygen atoms in total. The number of hydrogen-bond acceptors (Lipinski definition) is 2. The van der Waals surface area contributed by atoms with Crippen molar-refractivity contribution in [3.63, 3.8) is 0 Å². The highest BCUT2D eigenvalue weighted by Gasteiger charge is 2.56. The Morgan fingerprint density at radius 2 is 2.05 bits per heavy atom. The van der Waals surface area contributed by atoms with E-state index in [0.29, 0.717) is 17.0 Å². The highest BCUT2D eigenvalue weighted by Crippen LogP contribution is 2.50. The summed E-state index contributed by atoms with van der Waals surface area (Å²) < 4.78 is 0. The lowest BCUT2D eigenvalue weighted by Crippen LogP contribution is -2.63. The zero-order valence-corrected chi connectivity index (χ0v) is 12.2. The van der Waals surface area contributed by atoms with Crippen molar-refractivity contribution in [2.45, 2.75) is 56.1 Å². The molecule has 0 aromatic heterocycles. The summed E-state index contributed by atoms with van der Waals surface area (Å²) in [4.78, 5) is 15.1. The number of hydrogen-bond donors (Lipinski definition) is 1. The van der Waals surface area contributed by atoms with E-state index in [1.165, 1.54) is 12.0 Å². The summed E-state index contributed by atoms with van der Waals surface area (Å²) in [5.74, 6) is 0.290. The van der Waals surface area contributed by atoms with E-state index in [1.807, 2.05) is 12.1 Å². The van der Waals surface area contributed by atoms with E-state index in [9.17, 15) is 4.79 Å². The van der Waals surface area contributed by atoms with Crippen LogP contribution in [0.25, 0.3) is 0 Å². The quantitative estimate of drug-likeness (QED) is 0.864. The average Bonchev–Trinajstić information content (AvgIpc) is 2.31. The summed E-state index contributed by atoms with van der Waals surface area (Å²) in [6.07, 6.45) is 5.08. The van der Waals surface area contributed by atoms with Crippen LogP contribution in [-0.2, 0) is 16.8 Å². The normalized spacial score (nSPS) is 32.8. The van der Waals surface area contributed by atoms with Crippen molar-refractivity contribution in [2.75, 3.05) is 0 Å². The smallest absolute Gasteiger partial charge is 0.233 e. The molecule has 1 heterocycles. The van der Waals surface area contributed by atoms with Crippen molar-refractivity contribution in [3.8, 4) is 0 Å². The zero-order valence-electron chi connectivity index (χ0n) is 11.4. The van der Waals surface area contributed by atoms with Crippen molar-refractivity contribution in [1.29, 1.82) is 0 Å². The fraction of sp³-hybridized carbons (Fsp3) is 0.562. The minimum absolute atomic E-state index is 0.145. The standard InChI is InChI=1S/C16H19ClN2O/c17-11-5-4-10-9-19(13-2-1-3-13)15(20)16(14(10)6-11)7-12(18)8-16/h4-6,12-13H,1-3,7-9,18H2. The van der Waals surface area contributed by atoms with Gasteiger partial charge >= 0.3 is 0 Å². The van der Waals surface area contributed by atoms with Gasteiger partial charge in [-0.05, 0) is 55.4 Å². The van der Waals surface area contributed by atoms with Gasteiger partial charge in [0.1, 0.15) is 0 Å². The Morgan fingerprint density at radius 1 is 1.30 bits per heavy atom. The van der Waals surface area contributed by atoms with Crippen molar-refractivity contribution >= 4 is 17.5 Å². The van der Waals surface area contributed by atoms with Crippen LogP contribution >= 0.6 is 11.6 Å². The van der Waals surface area contributed by atoms with Gasteiger partial charge in [-0.15, -0.1) is 0 Å². The zero-order chi connectivity index (χ0) is 13.9. The lowest BCUT2D eigenvalue weighted by atomic mass is 9.58. The molecule has 1 aromatic carbocycles. The number of benzene rings is 1. The molecule has 1 spiro atoms. The summed E-state index contributed by atoms with van der Waals surface area (Å²) in [5, 5.41) is 0.716. The number of nitrogens with zero attached hydrogens (tertiary/aromatic N) is 1. The summed E-state index contributed by atoms with van der Waals surface area (Å²) in [6.45, 7) is 0.743. The third-order valence-electron chi connectivity index (χ3n) is 5.34. The maximum Gasteiger partial charge on any atom is 0.233 e. The van der Waals surface area contributed by atoms with Crippen LogP contribution in [0, 0.1) is 0 Å². The van der Waals surface area contributed by atoms with E-state index in [4.69, 9.17) is 17.3 Å². The maximum atomic E-state index is 13.0. The molecule has 2 fully saturated rings. The van der Waals surface area contributed by atoms with Crippen LogP contribution in [0.4, 0.5) is 0 Å². The third kappa shape index (κ3) is 1.60. The van der Waals surface area contributed by atoms with Gasteiger partial charge in [0.25, 0.3) is 0 Å². The lowest BCUT2D eigenvalue weighted by Gasteiger charge is -2.54. The third-order valence-corrected chi connectivity index (χ3v) is 5.57. The van der Waals surface area contributed by atoms with E-state index in [1.54, 1.807) is 0 Å². The topological polar surface area (TPSA) is 46.3 Å². The fourth-order valence-electron chi connectivity index (χ4n) is 4.00. The highest BCUT2D eigenvalue weighted by atomic mass is 35.5. The summed E-state index contributed by atoms with van der Waals surface area (Å²) in [7, 11) is 0. The predicted octanol–water partition coefficient (Wildman–Crippen LogP) is 2.59. The Bertz CT molecular complexity index is 576. The molecule has 1 amide bonds. The van der Waals surface area contributed by atoms with Crippen molar-refractivity contribution in [3.05, 3.63) is 34.3 Å². The number of fused-ring (bicyclic) bond motifs is 2. The average molecular weight is 291 g/mol. The van der Waals surface area contributed by atoms with Gasteiger partial charge in [-0.1, -0.05) is 17.7 Å². The van der Waals surface area contributed by atoms with Gasteiger partial charge in [-0.25, -0.2) is 0 Å². The summed E-state index contributed by atoms with van der Waals surface area (Å²) in [5.41, 5.74) is 8.01. The number of amides is 1. The summed E-state index contributed by atoms with van der Waals surface area (Å²) >= 11 is 6.15. The SMILES string of the molecule is NC1CC2(C1)C(=O)N(C1CCC1)Cc1ccc(Cl)cc12. The second-order valence-corrected chi connectivity index (χ2v) is 7.01. The Labute approximate surface area is 124 Å². The molecule has 3 aliphatic rings.